The number of methoxy groups -OCH3 is 1. The van der Waals surface area contributed by atoms with Crippen LogP contribution in [0.4, 0.5) is 4.39 Å². The monoisotopic (exact) mass is 311 g/mol. The number of ether oxygens (including phenoxy) is 1. The van der Waals surface area contributed by atoms with Gasteiger partial charge in [0.2, 0.25) is 0 Å². The van der Waals surface area contributed by atoms with Crippen molar-refractivity contribution in [2.75, 3.05) is 20.7 Å². The van der Waals surface area contributed by atoms with E-state index in [1.54, 1.807) is 6.07 Å². The first-order valence-corrected chi connectivity index (χ1v) is 7.66. The second-order valence-electron chi connectivity index (χ2n) is 5.52. The fraction of sp³-hybridized carbons (Fsp3) is 0.533. The van der Waals surface area contributed by atoms with Gasteiger partial charge in [0, 0.05) is 24.7 Å². The first-order valence-electron chi connectivity index (χ1n) is 7.13. The Bertz CT molecular complexity index is 658. The third-order valence-electron chi connectivity index (χ3n) is 4.29. The maximum atomic E-state index is 13.8. The molecule has 1 atom stereocenters. The Labute approximate surface area is 128 Å². The molecule has 1 fully saturated rings. The Morgan fingerprint density at radius 3 is 2.90 bits per heavy atom. The summed E-state index contributed by atoms with van der Waals surface area (Å²) in [5, 5.41) is 0. The molecule has 0 aliphatic carbocycles. The molecule has 6 heteroatoms. The highest BCUT2D eigenvalue weighted by Gasteiger charge is 2.23. The zero-order valence-corrected chi connectivity index (χ0v) is 13.0. The predicted molar refractivity (Wildman–Crippen MR) is 81.5 cm³/mol. The molecule has 2 heterocycles. The number of hydrogen-bond acceptors (Lipinski definition) is 3. The number of nitrogens with zero attached hydrogens (tertiary/aromatic N) is 3. The quantitative estimate of drug-likeness (QED) is 0.813. The zero-order valence-electron chi connectivity index (χ0n) is 12.3. The van der Waals surface area contributed by atoms with E-state index in [-0.39, 0.29) is 5.75 Å². The maximum absolute atomic E-state index is 13.8. The third-order valence-corrected chi connectivity index (χ3v) is 4.52. The minimum atomic E-state index is -0.395. The predicted octanol–water partition coefficient (Wildman–Crippen LogP) is 3.02. The van der Waals surface area contributed by atoms with Gasteiger partial charge in [-0.15, -0.1) is 11.6 Å². The van der Waals surface area contributed by atoms with Gasteiger partial charge in [0.25, 0.3) is 0 Å². The summed E-state index contributed by atoms with van der Waals surface area (Å²) in [5.41, 5.74) is 1.51. The lowest BCUT2D eigenvalue weighted by Gasteiger charge is -2.21. The van der Waals surface area contributed by atoms with Crippen molar-refractivity contribution in [3.05, 3.63) is 23.8 Å². The van der Waals surface area contributed by atoms with Crippen LogP contribution < -0.4 is 4.74 Å². The molecule has 3 rings (SSSR count). The lowest BCUT2D eigenvalue weighted by atomic mass is 10.2. The van der Waals surface area contributed by atoms with Crippen molar-refractivity contribution in [1.82, 2.24) is 14.5 Å². The second kappa shape index (κ2) is 5.81. The zero-order chi connectivity index (χ0) is 15.0. The number of aromatic nitrogens is 2. The molecule has 0 N–H and O–H groups in total. The van der Waals surface area contributed by atoms with Gasteiger partial charge in [-0.05, 0) is 26.4 Å². The molecule has 1 unspecified atom stereocenters. The minimum absolute atomic E-state index is 0.240. The van der Waals surface area contributed by atoms with E-state index in [2.05, 4.69) is 21.5 Å². The van der Waals surface area contributed by atoms with Crippen molar-refractivity contribution in [1.29, 1.82) is 0 Å². The lowest BCUT2D eigenvalue weighted by Crippen LogP contribution is -2.29. The van der Waals surface area contributed by atoms with E-state index in [0.717, 1.165) is 30.9 Å². The molecule has 0 amide bonds. The summed E-state index contributed by atoms with van der Waals surface area (Å²) in [6.45, 7) is 1.94. The van der Waals surface area contributed by atoms with Crippen molar-refractivity contribution in [3.8, 4) is 5.75 Å². The van der Waals surface area contributed by atoms with E-state index >= 15 is 0 Å². The maximum Gasteiger partial charge on any atom is 0.167 e. The molecule has 0 radical (unpaired) electrons. The number of halogens is 2. The van der Waals surface area contributed by atoms with E-state index in [4.69, 9.17) is 16.3 Å². The standard InChI is InChI=1S/C15H19ClFN3O/c1-19-5-3-4-10(19)9-20-13-7-14(21-2)11(17)6-12(13)18-15(20)8-16/h6-7,10H,3-5,8-9H2,1-2H3. The fourth-order valence-corrected chi connectivity index (χ4v) is 3.26. The summed E-state index contributed by atoms with van der Waals surface area (Å²) in [6.07, 6.45) is 2.37. The highest BCUT2D eigenvalue weighted by Crippen LogP contribution is 2.27. The van der Waals surface area contributed by atoms with Crippen LogP contribution >= 0.6 is 11.6 Å². The van der Waals surface area contributed by atoms with Crippen LogP contribution in [0.15, 0.2) is 12.1 Å². The van der Waals surface area contributed by atoms with Crippen LogP contribution in [0.2, 0.25) is 0 Å². The topological polar surface area (TPSA) is 30.3 Å². The molecule has 114 valence electrons. The molecule has 1 aromatic heterocycles. The Morgan fingerprint density at radius 2 is 2.29 bits per heavy atom. The normalized spacial score (nSPS) is 19.5. The summed E-state index contributed by atoms with van der Waals surface area (Å²) < 4.78 is 21.0. The van der Waals surface area contributed by atoms with Gasteiger partial charge in [-0.2, -0.15) is 0 Å². The molecule has 0 bridgehead atoms. The van der Waals surface area contributed by atoms with Crippen LogP contribution in [0, 0.1) is 5.82 Å². The lowest BCUT2D eigenvalue weighted by molar-refractivity contribution is 0.282. The van der Waals surface area contributed by atoms with Gasteiger partial charge in [-0.25, -0.2) is 9.37 Å². The van der Waals surface area contributed by atoms with Crippen LogP contribution in [0.3, 0.4) is 0 Å². The van der Waals surface area contributed by atoms with Crippen molar-refractivity contribution in [2.45, 2.75) is 31.3 Å². The van der Waals surface area contributed by atoms with Crippen molar-refractivity contribution in [3.63, 3.8) is 0 Å². The highest BCUT2D eigenvalue weighted by molar-refractivity contribution is 6.16. The van der Waals surface area contributed by atoms with Gasteiger partial charge in [0.15, 0.2) is 11.6 Å². The van der Waals surface area contributed by atoms with Crippen LogP contribution in [0.1, 0.15) is 18.7 Å². The number of likely N-dealkylation sites (N-methyl/N-ethyl adjacent to an activating group) is 1. The van der Waals surface area contributed by atoms with Crippen molar-refractivity contribution in [2.24, 2.45) is 0 Å². The van der Waals surface area contributed by atoms with Gasteiger partial charge in [0.05, 0.1) is 24.0 Å². The summed E-state index contributed by atoms with van der Waals surface area (Å²) in [4.78, 5) is 6.80. The summed E-state index contributed by atoms with van der Waals surface area (Å²) in [5.74, 6) is 0.938. The number of alkyl halides is 1. The van der Waals surface area contributed by atoms with Crippen molar-refractivity contribution >= 4 is 22.6 Å². The van der Waals surface area contributed by atoms with Crippen LogP contribution in [-0.4, -0.2) is 41.2 Å². The number of rotatable bonds is 4. The molecule has 21 heavy (non-hydrogen) atoms. The Balaban J connectivity index is 2.06. The van der Waals surface area contributed by atoms with Crippen molar-refractivity contribution < 1.29 is 9.13 Å². The Kier molecular flexibility index (Phi) is 4.04. The molecule has 1 saturated heterocycles. The largest absolute Gasteiger partial charge is 0.494 e. The first kappa shape index (κ1) is 14.6. The van der Waals surface area contributed by atoms with E-state index in [9.17, 15) is 4.39 Å². The summed E-state index contributed by atoms with van der Waals surface area (Å²) in [7, 11) is 3.61. The number of hydrogen-bond donors (Lipinski definition) is 0. The third kappa shape index (κ3) is 2.60. The molecule has 2 aromatic rings. The number of imidazole rings is 1. The van der Waals surface area contributed by atoms with E-state index < -0.39 is 5.82 Å². The van der Waals surface area contributed by atoms with E-state index in [0.29, 0.717) is 17.4 Å². The van der Waals surface area contributed by atoms with Gasteiger partial charge < -0.3 is 14.2 Å². The molecule has 1 aliphatic heterocycles. The smallest absolute Gasteiger partial charge is 0.167 e. The molecule has 4 nitrogen and oxygen atoms in total. The number of fused-ring (bicyclic) bond motifs is 1. The molecule has 1 aromatic carbocycles. The van der Waals surface area contributed by atoms with Gasteiger partial charge in [0.1, 0.15) is 5.82 Å². The highest BCUT2D eigenvalue weighted by atomic mass is 35.5. The Hall–Kier alpha value is -1.33. The minimum Gasteiger partial charge on any atom is -0.494 e. The first-order chi connectivity index (χ1) is 10.1. The molecule has 1 aliphatic rings. The van der Waals surface area contributed by atoms with E-state index in [1.165, 1.54) is 19.6 Å². The average Bonchev–Trinajstić information content (AvgIpc) is 3.02. The number of benzene rings is 1. The van der Waals surface area contributed by atoms with Gasteiger partial charge >= 0.3 is 0 Å². The number of likely N-dealkylation sites (tertiary alicyclic amines) is 1. The fourth-order valence-electron chi connectivity index (χ4n) is 3.06. The molecular formula is C15H19ClFN3O. The summed E-state index contributed by atoms with van der Waals surface area (Å²) >= 11 is 6.02. The van der Waals surface area contributed by atoms with Crippen LogP contribution in [0.25, 0.3) is 11.0 Å². The molecule has 0 spiro atoms. The average molecular weight is 312 g/mol. The molecular weight excluding hydrogens is 293 g/mol. The van der Waals surface area contributed by atoms with Crippen LogP contribution in [-0.2, 0) is 12.4 Å². The van der Waals surface area contributed by atoms with Gasteiger partial charge in [-0.1, -0.05) is 0 Å². The molecule has 0 saturated carbocycles. The van der Waals surface area contributed by atoms with E-state index in [1.807, 2.05) is 0 Å². The second-order valence-corrected chi connectivity index (χ2v) is 5.79. The van der Waals surface area contributed by atoms with Crippen LogP contribution in [0.5, 0.6) is 5.75 Å². The Morgan fingerprint density at radius 1 is 1.48 bits per heavy atom. The SMILES string of the molecule is COc1cc2c(cc1F)nc(CCl)n2CC1CCCN1C. The summed E-state index contributed by atoms with van der Waals surface area (Å²) in [6, 6.07) is 3.60. The van der Waals surface area contributed by atoms with Gasteiger partial charge in [-0.3, -0.25) is 0 Å².